The molecule has 0 amide bonds. The highest BCUT2D eigenvalue weighted by Gasteiger charge is 2.13. The van der Waals surface area contributed by atoms with Gasteiger partial charge in [-0.15, -0.1) is 16.4 Å². The van der Waals surface area contributed by atoms with Gasteiger partial charge in [-0.25, -0.2) is 9.67 Å². The fourth-order valence-electron chi connectivity index (χ4n) is 1.08. The van der Waals surface area contributed by atoms with Gasteiger partial charge in [0.05, 0.1) is 9.88 Å². The van der Waals surface area contributed by atoms with Gasteiger partial charge in [0.1, 0.15) is 6.54 Å². The van der Waals surface area contributed by atoms with E-state index in [2.05, 4.69) is 20.5 Å². The third-order valence-corrected chi connectivity index (χ3v) is 2.57. The summed E-state index contributed by atoms with van der Waals surface area (Å²) in [4.78, 5) is 15.3. The van der Waals surface area contributed by atoms with Crippen LogP contribution >= 0.6 is 11.3 Å². The van der Waals surface area contributed by atoms with Crippen LogP contribution in [0.2, 0.25) is 0 Å². The summed E-state index contributed by atoms with van der Waals surface area (Å²) in [6.45, 7) is 1.61. The van der Waals surface area contributed by atoms with Gasteiger partial charge < -0.3 is 5.11 Å². The number of hydrogen-bond acceptors (Lipinski definition) is 6. The van der Waals surface area contributed by atoms with Gasteiger partial charge in [0.2, 0.25) is 0 Å². The zero-order valence-electron chi connectivity index (χ0n) is 7.78. The molecule has 8 heteroatoms. The molecule has 2 aromatic rings. The summed E-state index contributed by atoms with van der Waals surface area (Å²) >= 11 is 1.42. The Bertz CT molecular complexity index is 491. The largest absolute Gasteiger partial charge is 0.480 e. The van der Waals surface area contributed by atoms with E-state index in [9.17, 15) is 4.79 Å². The molecule has 0 aliphatic carbocycles. The van der Waals surface area contributed by atoms with Crippen LogP contribution in [0.4, 0.5) is 0 Å². The molecular formula is C7H7N5O2S. The maximum Gasteiger partial charge on any atom is 0.325 e. The molecule has 15 heavy (non-hydrogen) atoms. The van der Waals surface area contributed by atoms with Crippen LogP contribution in [-0.2, 0) is 11.3 Å². The number of nitrogens with zero attached hydrogens (tertiary/aromatic N) is 5. The molecule has 0 aliphatic rings. The molecule has 7 nitrogen and oxygen atoms in total. The SMILES string of the molecule is Cc1ncc(-c2nnnn2CC(=O)O)s1. The van der Waals surface area contributed by atoms with Crippen molar-refractivity contribution in [3.8, 4) is 10.7 Å². The van der Waals surface area contributed by atoms with E-state index in [-0.39, 0.29) is 6.54 Å². The average Bonchev–Trinajstić information content (AvgIpc) is 2.72. The normalized spacial score (nSPS) is 10.5. The molecule has 0 aliphatic heterocycles. The van der Waals surface area contributed by atoms with Crippen molar-refractivity contribution in [2.24, 2.45) is 0 Å². The summed E-state index contributed by atoms with van der Waals surface area (Å²) in [6.07, 6.45) is 1.63. The van der Waals surface area contributed by atoms with E-state index < -0.39 is 5.97 Å². The van der Waals surface area contributed by atoms with Crippen LogP contribution in [0.5, 0.6) is 0 Å². The number of aromatic nitrogens is 5. The van der Waals surface area contributed by atoms with Crippen molar-refractivity contribution in [1.29, 1.82) is 0 Å². The van der Waals surface area contributed by atoms with E-state index >= 15 is 0 Å². The lowest BCUT2D eigenvalue weighted by molar-refractivity contribution is -0.137. The highest BCUT2D eigenvalue weighted by molar-refractivity contribution is 7.14. The Morgan fingerprint density at radius 3 is 3.07 bits per heavy atom. The number of carbonyl (C=O) groups is 1. The predicted molar refractivity (Wildman–Crippen MR) is 51.3 cm³/mol. The summed E-state index contributed by atoms with van der Waals surface area (Å²) in [5, 5.41) is 20.3. The number of thiazole rings is 1. The predicted octanol–water partition coefficient (Wildman–Crippen LogP) is 0.190. The van der Waals surface area contributed by atoms with Gasteiger partial charge in [0.15, 0.2) is 5.82 Å². The summed E-state index contributed by atoms with van der Waals surface area (Å²) in [7, 11) is 0. The second kappa shape index (κ2) is 3.73. The molecule has 0 aromatic carbocycles. The second-order valence-electron chi connectivity index (χ2n) is 2.80. The third kappa shape index (κ3) is 1.99. The molecule has 0 radical (unpaired) electrons. The number of hydrogen-bond donors (Lipinski definition) is 1. The smallest absolute Gasteiger partial charge is 0.325 e. The van der Waals surface area contributed by atoms with E-state index in [1.165, 1.54) is 16.0 Å². The van der Waals surface area contributed by atoms with E-state index in [4.69, 9.17) is 5.11 Å². The first-order valence-corrected chi connectivity index (χ1v) is 4.89. The van der Waals surface area contributed by atoms with Crippen LogP contribution in [0.25, 0.3) is 10.7 Å². The zero-order chi connectivity index (χ0) is 10.8. The van der Waals surface area contributed by atoms with Crippen molar-refractivity contribution in [2.75, 3.05) is 0 Å². The molecule has 2 rings (SSSR count). The molecule has 78 valence electrons. The Morgan fingerprint density at radius 2 is 2.47 bits per heavy atom. The van der Waals surface area contributed by atoms with E-state index in [0.29, 0.717) is 5.82 Å². The number of tetrazole rings is 1. The number of carboxylic acid groups (broad SMARTS) is 1. The van der Waals surface area contributed by atoms with Crippen molar-refractivity contribution >= 4 is 17.3 Å². The van der Waals surface area contributed by atoms with Gasteiger partial charge in [-0.3, -0.25) is 4.79 Å². The summed E-state index contributed by atoms with van der Waals surface area (Å²) in [5.41, 5.74) is 0. The van der Waals surface area contributed by atoms with Gasteiger partial charge in [-0.1, -0.05) is 0 Å². The molecule has 1 N–H and O–H groups in total. The minimum absolute atomic E-state index is 0.251. The molecule has 2 heterocycles. The minimum Gasteiger partial charge on any atom is -0.480 e. The molecule has 0 fully saturated rings. The van der Waals surface area contributed by atoms with Crippen LogP contribution in [0.15, 0.2) is 6.20 Å². The quantitative estimate of drug-likeness (QED) is 0.801. The lowest BCUT2D eigenvalue weighted by atomic mass is 10.5. The van der Waals surface area contributed by atoms with E-state index in [0.717, 1.165) is 9.88 Å². The summed E-state index contributed by atoms with van der Waals surface area (Å²) in [6, 6.07) is 0. The van der Waals surface area contributed by atoms with Gasteiger partial charge >= 0.3 is 5.97 Å². The number of rotatable bonds is 3. The highest BCUT2D eigenvalue weighted by Crippen LogP contribution is 2.22. The van der Waals surface area contributed by atoms with Gasteiger partial charge in [0, 0.05) is 6.20 Å². The summed E-state index contributed by atoms with van der Waals surface area (Å²) < 4.78 is 1.23. The molecule has 0 spiro atoms. The van der Waals surface area contributed by atoms with Crippen LogP contribution in [0.1, 0.15) is 5.01 Å². The van der Waals surface area contributed by atoms with E-state index in [1.54, 1.807) is 6.20 Å². The molecule has 0 saturated carbocycles. The average molecular weight is 225 g/mol. The maximum absolute atomic E-state index is 10.5. The van der Waals surface area contributed by atoms with Gasteiger partial charge in [-0.2, -0.15) is 0 Å². The first kappa shape index (κ1) is 9.71. The van der Waals surface area contributed by atoms with Gasteiger partial charge in [-0.05, 0) is 17.4 Å². The van der Waals surface area contributed by atoms with Gasteiger partial charge in [0.25, 0.3) is 0 Å². The molecule has 0 bridgehead atoms. The zero-order valence-corrected chi connectivity index (χ0v) is 8.60. The van der Waals surface area contributed by atoms with Crippen LogP contribution in [0.3, 0.4) is 0 Å². The first-order chi connectivity index (χ1) is 7.16. The Balaban J connectivity index is 2.36. The number of aryl methyl sites for hydroxylation is 1. The van der Waals surface area contributed by atoms with Crippen LogP contribution in [0, 0.1) is 6.92 Å². The first-order valence-electron chi connectivity index (χ1n) is 4.07. The Morgan fingerprint density at radius 1 is 1.67 bits per heavy atom. The van der Waals surface area contributed by atoms with Crippen LogP contribution in [-0.4, -0.2) is 36.3 Å². The molecule has 0 saturated heterocycles. The third-order valence-electron chi connectivity index (χ3n) is 1.66. The lowest BCUT2D eigenvalue weighted by Gasteiger charge is -1.96. The highest BCUT2D eigenvalue weighted by atomic mass is 32.1. The number of aliphatic carboxylic acids is 1. The standard InChI is InChI=1S/C7H7N5O2S/c1-4-8-2-5(15-4)7-9-10-11-12(7)3-6(13)14/h2H,3H2,1H3,(H,13,14). The minimum atomic E-state index is -0.982. The van der Waals surface area contributed by atoms with Crippen molar-refractivity contribution in [3.05, 3.63) is 11.2 Å². The monoisotopic (exact) mass is 225 g/mol. The van der Waals surface area contributed by atoms with Crippen molar-refractivity contribution < 1.29 is 9.90 Å². The Kier molecular flexibility index (Phi) is 2.42. The fourth-order valence-corrected chi connectivity index (χ4v) is 1.85. The molecular weight excluding hydrogens is 218 g/mol. The lowest BCUT2D eigenvalue weighted by Crippen LogP contribution is -2.11. The van der Waals surface area contributed by atoms with Crippen molar-refractivity contribution in [3.63, 3.8) is 0 Å². The van der Waals surface area contributed by atoms with Crippen molar-refractivity contribution in [2.45, 2.75) is 13.5 Å². The second-order valence-corrected chi connectivity index (χ2v) is 4.03. The molecule has 0 atom stereocenters. The fraction of sp³-hybridized carbons (Fsp3) is 0.286. The summed E-state index contributed by atoms with van der Waals surface area (Å²) in [5.74, 6) is -0.548. The Labute approximate surface area is 88.4 Å². The van der Waals surface area contributed by atoms with Crippen molar-refractivity contribution in [1.82, 2.24) is 25.2 Å². The molecule has 2 aromatic heterocycles. The molecule has 0 unspecified atom stereocenters. The topological polar surface area (TPSA) is 93.8 Å². The maximum atomic E-state index is 10.5. The number of carboxylic acids is 1. The van der Waals surface area contributed by atoms with Crippen LogP contribution < -0.4 is 0 Å². The Hall–Kier alpha value is -1.83. The van der Waals surface area contributed by atoms with E-state index in [1.807, 2.05) is 6.92 Å².